The molecule has 1 atom stereocenters. The lowest BCUT2D eigenvalue weighted by Crippen LogP contribution is -2.53. The van der Waals surface area contributed by atoms with Crippen molar-refractivity contribution in [1.29, 1.82) is 0 Å². The topological polar surface area (TPSA) is 56.1 Å². The lowest BCUT2D eigenvalue weighted by Gasteiger charge is -2.47. The first kappa shape index (κ1) is 17.5. The van der Waals surface area contributed by atoms with Gasteiger partial charge in [-0.05, 0) is 42.7 Å². The Morgan fingerprint density at radius 2 is 2.12 bits per heavy atom. The first-order chi connectivity index (χ1) is 12.5. The van der Waals surface area contributed by atoms with Gasteiger partial charge >= 0.3 is 0 Å². The molecule has 0 N–H and O–H groups in total. The first-order valence-electron chi connectivity index (χ1n) is 9.80. The van der Waals surface area contributed by atoms with Crippen LogP contribution in [0.15, 0.2) is 18.5 Å². The third kappa shape index (κ3) is 3.61. The average Bonchev–Trinajstić information content (AvgIpc) is 3.08. The van der Waals surface area contributed by atoms with Gasteiger partial charge in [0.1, 0.15) is 5.69 Å². The van der Waals surface area contributed by atoms with Crippen molar-refractivity contribution in [3.8, 4) is 11.4 Å². The van der Waals surface area contributed by atoms with Crippen molar-refractivity contribution in [2.24, 2.45) is 5.41 Å². The highest BCUT2D eigenvalue weighted by Gasteiger charge is 2.34. The summed E-state index contributed by atoms with van der Waals surface area (Å²) in [4.78, 5) is 7.14. The molecule has 4 heterocycles. The molecule has 0 radical (unpaired) electrons. The summed E-state index contributed by atoms with van der Waals surface area (Å²) in [5, 5.41) is 8.68. The Bertz CT molecular complexity index is 755. The van der Waals surface area contributed by atoms with Crippen molar-refractivity contribution >= 4 is 5.69 Å². The molecule has 2 aromatic heterocycles. The summed E-state index contributed by atoms with van der Waals surface area (Å²) in [6, 6.07) is 2.26. The predicted molar refractivity (Wildman–Crippen MR) is 102 cm³/mol. The van der Waals surface area contributed by atoms with E-state index in [0.717, 1.165) is 50.5 Å². The minimum atomic E-state index is 0.258. The Balaban J connectivity index is 1.50. The molecule has 2 aliphatic rings. The van der Waals surface area contributed by atoms with Crippen molar-refractivity contribution in [3.05, 3.63) is 24.0 Å². The standard InChI is InChI=1S/C20H29N5O/c1-4-15-9-16(24-13-20(2,3)14-24)10-21-19(15)18-12-25(23-22-18)11-17-7-5-6-8-26-17/h9-10,12,17H,4-8,11,13-14H2,1-3H3. The van der Waals surface area contributed by atoms with Crippen LogP contribution in [0.5, 0.6) is 0 Å². The molecule has 6 nitrogen and oxygen atoms in total. The fourth-order valence-electron chi connectivity index (χ4n) is 4.00. The number of nitrogens with zero attached hydrogens (tertiary/aromatic N) is 5. The van der Waals surface area contributed by atoms with Gasteiger partial charge in [-0.25, -0.2) is 4.68 Å². The molecule has 0 aromatic carbocycles. The van der Waals surface area contributed by atoms with Gasteiger partial charge in [0, 0.05) is 19.7 Å². The quantitative estimate of drug-likeness (QED) is 0.823. The van der Waals surface area contributed by atoms with Crippen molar-refractivity contribution < 1.29 is 4.74 Å². The molecule has 140 valence electrons. The normalized spacial score (nSPS) is 22.3. The molecule has 0 saturated carbocycles. The van der Waals surface area contributed by atoms with Gasteiger partial charge < -0.3 is 9.64 Å². The summed E-state index contributed by atoms with van der Waals surface area (Å²) in [5.41, 5.74) is 4.66. The molecular weight excluding hydrogens is 326 g/mol. The highest BCUT2D eigenvalue weighted by atomic mass is 16.5. The van der Waals surface area contributed by atoms with Crippen LogP contribution in [0.4, 0.5) is 5.69 Å². The van der Waals surface area contributed by atoms with Gasteiger partial charge in [-0.2, -0.15) is 0 Å². The lowest BCUT2D eigenvalue weighted by atomic mass is 9.84. The molecule has 0 spiro atoms. The van der Waals surface area contributed by atoms with Crippen LogP contribution >= 0.6 is 0 Å². The predicted octanol–water partition coefficient (Wildman–Crippen LogP) is 3.32. The summed E-state index contributed by atoms with van der Waals surface area (Å²) in [7, 11) is 0. The average molecular weight is 355 g/mol. The smallest absolute Gasteiger partial charge is 0.131 e. The second-order valence-corrected chi connectivity index (χ2v) is 8.39. The second-order valence-electron chi connectivity index (χ2n) is 8.39. The zero-order valence-corrected chi connectivity index (χ0v) is 16.1. The van der Waals surface area contributed by atoms with E-state index in [1.165, 1.54) is 24.1 Å². The minimum Gasteiger partial charge on any atom is -0.376 e. The van der Waals surface area contributed by atoms with Crippen molar-refractivity contribution in [1.82, 2.24) is 20.0 Å². The molecule has 2 saturated heterocycles. The monoisotopic (exact) mass is 355 g/mol. The Kier molecular flexibility index (Phi) is 4.69. The van der Waals surface area contributed by atoms with Gasteiger partial charge in [0.2, 0.25) is 0 Å². The summed E-state index contributed by atoms with van der Waals surface area (Å²) < 4.78 is 7.71. The molecule has 1 unspecified atom stereocenters. The van der Waals surface area contributed by atoms with E-state index < -0.39 is 0 Å². The molecule has 0 amide bonds. The summed E-state index contributed by atoms with van der Waals surface area (Å²) in [6.07, 6.45) is 8.69. The van der Waals surface area contributed by atoms with E-state index in [0.29, 0.717) is 5.41 Å². The molecule has 2 fully saturated rings. The summed E-state index contributed by atoms with van der Waals surface area (Å²) in [6.45, 7) is 10.6. The van der Waals surface area contributed by atoms with Gasteiger partial charge in [-0.1, -0.05) is 26.0 Å². The number of hydrogen-bond donors (Lipinski definition) is 0. The zero-order chi connectivity index (χ0) is 18.1. The lowest BCUT2D eigenvalue weighted by molar-refractivity contribution is 0.00370. The third-order valence-corrected chi connectivity index (χ3v) is 5.38. The van der Waals surface area contributed by atoms with Crippen LogP contribution in [-0.4, -0.2) is 45.8 Å². The molecule has 2 aromatic rings. The fraction of sp³-hybridized carbons (Fsp3) is 0.650. The van der Waals surface area contributed by atoms with Crippen LogP contribution in [0.2, 0.25) is 0 Å². The maximum absolute atomic E-state index is 5.81. The van der Waals surface area contributed by atoms with Crippen LogP contribution in [0.1, 0.15) is 45.6 Å². The number of ether oxygens (including phenoxy) is 1. The van der Waals surface area contributed by atoms with E-state index in [2.05, 4.69) is 42.0 Å². The molecule has 6 heteroatoms. The van der Waals surface area contributed by atoms with Crippen LogP contribution < -0.4 is 4.90 Å². The van der Waals surface area contributed by atoms with E-state index in [9.17, 15) is 0 Å². The summed E-state index contributed by atoms with van der Waals surface area (Å²) in [5.74, 6) is 0. The van der Waals surface area contributed by atoms with Crippen molar-refractivity contribution in [3.63, 3.8) is 0 Å². The number of aromatic nitrogens is 4. The number of anilines is 1. The van der Waals surface area contributed by atoms with Crippen LogP contribution in [0.3, 0.4) is 0 Å². The number of hydrogen-bond acceptors (Lipinski definition) is 5. The maximum atomic E-state index is 5.81. The van der Waals surface area contributed by atoms with Gasteiger partial charge in [-0.3, -0.25) is 4.98 Å². The van der Waals surface area contributed by atoms with E-state index in [1.54, 1.807) is 0 Å². The largest absolute Gasteiger partial charge is 0.376 e. The van der Waals surface area contributed by atoms with Gasteiger partial charge in [0.15, 0.2) is 0 Å². The fourth-order valence-corrected chi connectivity index (χ4v) is 4.00. The van der Waals surface area contributed by atoms with E-state index >= 15 is 0 Å². The Morgan fingerprint density at radius 1 is 1.27 bits per heavy atom. The molecule has 2 aliphatic heterocycles. The molecule has 26 heavy (non-hydrogen) atoms. The van der Waals surface area contributed by atoms with E-state index in [-0.39, 0.29) is 6.10 Å². The van der Waals surface area contributed by atoms with E-state index in [4.69, 9.17) is 9.72 Å². The SMILES string of the molecule is CCc1cc(N2CC(C)(C)C2)cnc1-c1cn(CC2CCCCO2)nn1. The van der Waals surface area contributed by atoms with Crippen LogP contribution in [0, 0.1) is 5.41 Å². The third-order valence-electron chi connectivity index (χ3n) is 5.38. The Labute approximate surface area is 155 Å². The molecule has 0 aliphatic carbocycles. The maximum Gasteiger partial charge on any atom is 0.131 e. The molecule has 0 bridgehead atoms. The number of aryl methyl sites for hydroxylation is 1. The summed E-state index contributed by atoms with van der Waals surface area (Å²) >= 11 is 0. The van der Waals surface area contributed by atoms with Gasteiger partial charge in [-0.15, -0.1) is 5.10 Å². The highest BCUT2D eigenvalue weighted by molar-refractivity contribution is 5.62. The zero-order valence-electron chi connectivity index (χ0n) is 16.1. The van der Waals surface area contributed by atoms with Gasteiger partial charge in [0.05, 0.1) is 36.4 Å². The number of pyridine rings is 1. The van der Waals surface area contributed by atoms with E-state index in [1.807, 2.05) is 17.1 Å². The molecular formula is C20H29N5O. The van der Waals surface area contributed by atoms with Gasteiger partial charge in [0.25, 0.3) is 0 Å². The second kappa shape index (κ2) is 6.99. The minimum absolute atomic E-state index is 0.258. The van der Waals surface area contributed by atoms with Crippen molar-refractivity contribution in [2.45, 2.75) is 59.1 Å². The van der Waals surface area contributed by atoms with Crippen LogP contribution in [0.25, 0.3) is 11.4 Å². The van der Waals surface area contributed by atoms with Crippen LogP contribution in [-0.2, 0) is 17.7 Å². The van der Waals surface area contributed by atoms with Crippen molar-refractivity contribution in [2.75, 3.05) is 24.6 Å². The highest BCUT2D eigenvalue weighted by Crippen LogP contribution is 2.34. The Hall–Kier alpha value is -1.95. The first-order valence-corrected chi connectivity index (χ1v) is 9.80. The number of rotatable bonds is 5. The Morgan fingerprint density at radius 3 is 2.81 bits per heavy atom. The molecule has 4 rings (SSSR count).